The van der Waals surface area contributed by atoms with Gasteiger partial charge in [-0.1, -0.05) is 30.9 Å². The number of anilines is 1. The molecule has 2 heterocycles. The summed E-state index contributed by atoms with van der Waals surface area (Å²) in [7, 11) is 0. The molecule has 108 valence electrons. The van der Waals surface area contributed by atoms with Crippen LogP contribution in [0, 0.1) is 11.3 Å². The lowest BCUT2D eigenvalue weighted by Crippen LogP contribution is -2.36. The van der Waals surface area contributed by atoms with Crippen LogP contribution < -0.4 is 4.90 Å². The van der Waals surface area contributed by atoms with Crippen molar-refractivity contribution in [3.63, 3.8) is 0 Å². The zero-order valence-corrected chi connectivity index (χ0v) is 12.0. The third-order valence-electron chi connectivity index (χ3n) is 4.68. The third-order valence-corrected chi connectivity index (χ3v) is 4.88. The molecule has 1 spiro atoms. The number of carbonyl (C=O) groups is 1. The Labute approximate surface area is 123 Å². The molecule has 1 saturated carbocycles. The van der Waals surface area contributed by atoms with Gasteiger partial charge in [-0.2, -0.15) is 0 Å². The molecular weight excluding hydrogens is 278 g/mol. The van der Waals surface area contributed by atoms with Crippen LogP contribution in [0.15, 0.2) is 12.4 Å². The first-order chi connectivity index (χ1) is 9.61. The zero-order chi connectivity index (χ0) is 14.2. The number of aliphatic carboxylic acids is 1. The second-order valence-electron chi connectivity index (χ2n) is 5.90. The van der Waals surface area contributed by atoms with Crippen LogP contribution in [0.3, 0.4) is 0 Å². The highest BCUT2D eigenvalue weighted by atomic mass is 35.5. The second kappa shape index (κ2) is 5.20. The number of halogens is 1. The molecule has 2 aliphatic rings. The van der Waals surface area contributed by atoms with Crippen molar-refractivity contribution in [3.8, 4) is 0 Å². The maximum atomic E-state index is 11.6. The highest BCUT2D eigenvalue weighted by Crippen LogP contribution is 2.48. The normalized spacial score (nSPS) is 25.1. The van der Waals surface area contributed by atoms with Crippen molar-refractivity contribution in [2.75, 3.05) is 18.0 Å². The smallest absolute Gasteiger partial charge is 0.308 e. The Bertz CT molecular complexity index is 500. The summed E-state index contributed by atoms with van der Waals surface area (Å²) in [4.78, 5) is 22.1. The van der Waals surface area contributed by atoms with Crippen LogP contribution in [0.4, 0.5) is 5.95 Å². The molecule has 0 radical (unpaired) electrons. The fraction of sp³-hybridized carbons (Fsp3) is 0.643. The molecule has 1 saturated heterocycles. The first-order valence-corrected chi connectivity index (χ1v) is 7.44. The minimum atomic E-state index is -0.691. The molecule has 1 N–H and O–H groups in total. The van der Waals surface area contributed by atoms with E-state index in [-0.39, 0.29) is 11.3 Å². The molecular formula is C14H18ClN3O2. The summed E-state index contributed by atoms with van der Waals surface area (Å²) < 4.78 is 0. The first-order valence-electron chi connectivity index (χ1n) is 7.06. The standard InChI is InChI=1S/C14H18ClN3O2/c15-10-6-16-13(17-7-10)18-8-11(12(19)20)14(9-18)4-2-1-3-5-14/h6-7,11H,1-5,8-9H2,(H,19,20)/t11-/m1/s1. The van der Waals surface area contributed by atoms with Crippen LogP contribution in [0.2, 0.25) is 5.02 Å². The molecule has 20 heavy (non-hydrogen) atoms. The van der Waals surface area contributed by atoms with Gasteiger partial charge in [-0.15, -0.1) is 0 Å². The molecule has 5 nitrogen and oxygen atoms in total. The number of nitrogens with zero attached hydrogens (tertiary/aromatic N) is 3. The molecule has 3 rings (SSSR count). The van der Waals surface area contributed by atoms with E-state index in [4.69, 9.17) is 11.6 Å². The van der Waals surface area contributed by atoms with Gasteiger partial charge >= 0.3 is 5.97 Å². The predicted octanol–water partition coefficient (Wildman–Crippen LogP) is 2.60. The Morgan fingerprint density at radius 3 is 2.55 bits per heavy atom. The third kappa shape index (κ3) is 2.35. The highest BCUT2D eigenvalue weighted by molar-refractivity contribution is 6.30. The topological polar surface area (TPSA) is 66.3 Å². The van der Waals surface area contributed by atoms with Crippen molar-refractivity contribution in [2.45, 2.75) is 32.1 Å². The van der Waals surface area contributed by atoms with Crippen molar-refractivity contribution < 1.29 is 9.90 Å². The van der Waals surface area contributed by atoms with Gasteiger partial charge in [0.05, 0.1) is 23.3 Å². The second-order valence-corrected chi connectivity index (χ2v) is 6.33. The fourth-order valence-corrected chi connectivity index (χ4v) is 3.79. The number of hydrogen-bond donors (Lipinski definition) is 1. The molecule has 6 heteroatoms. The summed E-state index contributed by atoms with van der Waals surface area (Å²) in [6, 6.07) is 0. The van der Waals surface area contributed by atoms with Gasteiger partial charge in [0.1, 0.15) is 0 Å². The van der Waals surface area contributed by atoms with Crippen LogP contribution in [0.25, 0.3) is 0 Å². The summed E-state index contributed by atoms with van der Waals surface area (Å²) in [6.07, 6.45) is 8.57. The van der Waals surface area contributed by atoms with Crippen LogP contribution in [-0.4, -0.2) is 34.1 Å². The summed E-state index contributed by atoms with van der Waals surface area (Å²) in [5, 5.41) is 10.0. The Hall–Kier alpha value is -1.36. The van der Waals surface area contributed by atoms with E-state index in [9.17, 15) is 9.90 Å². The van der Waals surface area contributed by atoms with Gasteiger partial charge in [-0.25, -0.2) is 9.97 Å². The molecule has 0 unspecified atom stereocenters. The summed E-state index contributed by atoms with van der Waals surface area (Å²) >= 11 is 5.80. The van der Waals surface area contributed by atoms with Gasteiger partial charge in [-0.05, 0) is 12.8 Å². The van der Waals surface area contributed by atoms with Gasteiger partial charge in [0.25, 0.3) is 0 Å². The van der Waals surface area contributed by atoms with Crippen molar-refractivity contribution in [2.24, 2.45) is 11.3 Å². The average Bonchev–Trinajstić information content (AvgIpc) is 2.80. The van der Waals surface area contributed by atoms with Crippen LogP contribution in [0.5, 0.6) is 0 Å². The maximum absolute atomic E-state index is 11.6. The molecule has 0 amide bonds. The van der Waals surface area contributed by atoms with Gasteiger partial charge in [0, 0.05) is 18.5 Å². The number of carboxylic acid groups (broad SMARTS) is 1. The number of aromatic nitrogens is 2. The van der Waals surface area contributed by atoms with E-state index >= 15 is 0 Å². The van der Waals surface area contributed by atoms with Crippen molar-refractivity contribution >= 4 is 23.5 Å². The molecule has 1 aromatic rings. The molecule has 2 fully saturated rings. The van der Waals surface area contributed by atoms with E-state index in [0.717, 1.165) is 32.2 Å². The van der Waals surface area contributed by atoms with E-state index in [1.54, 1.807) is 12.4 Å². The van der Waals surface area contributed by atoms with Gasteiger partial charge in [0.2, 0.25) is 5.95 Å². The van der Waals surface area contributed by atoms with Crippen molar-refractivity contribution in [1.29, 1.82) is 0 Å². The molecule has 0 bridgehead atoms. The van der Waals surface area contributed by atoms with E-state index in [0.29, 0.717) is 17.5 Å². The van der Waals surface area contributed by atoms with Crippen LogP contribution in [-0.2, 0) is 4.79 Å². The Balaban J connectivity index is 1.86. The number of hydrogen-bond acceptors (Lipinski definition) is 4. The Kier molecular flexibility index (Phi) is 3.54. The lowest BCUT2D eigenvalue weighted by molar-refractivity contribution is -0.145. The Morgan fingerprint density at radius 2 is 1.95 bits per heavy atom. The lowest BCUT2D eigenvalue weighted by Gasteiger charge is -2.36. The molecule has 0 aromatic carbocycles. The molecule has 1 atom stereocenters. The maximum Gasteiger partial charge on any atom is 0.308 e. The number of carboxylic acids is 1. The van der Waals surface area contributed by atoms with E-state index in [2.05, 4.69) is 9.97 Å². The van der Waals surface area contributed by atoms with Gasteiger partial charge < -0.3 is 10.0 Å². The monoisotopic (exact) mass is 295 g/mol. The lowest BCUT2D eigenvalue weighted by atomic mass is 9.68. The van der Waals surface area contributed by atoms with E-state index in [1.807, 2.05) is 4.90 Å². The average molecular weight is 296 g/mol. The summed E-state index contributed by atoms with van der Waals surface area (Å²) in [5.41, 5.74) is -0.104. The van der Waals surface area contributed by atoms with Crippen molar-refractivity contribution in [1.82, 2.24) is 9.97 Å². The minimum absolute atomic E-state index is 0.104. The predicted molar refractivity (Wildman–Crippen MR) is 75.9 cm³/mol. The van der Waals surface area contributed by atoms with Crippen LogP contribution in [0.1, 0.15) is 32.1 Å². The van der Waals surface area contributed by atoms with E-state index < -0.39 is 5.97 Å². The Morgan fingerprint density at radius 1 is 1.30 bits per heavy atom. The zero-order valence-electron chi connectivity index (χ0n) is 11.3. The highest BCUT2D eigenvalue weighted by Gasteiger charge is 2.50. The largest absolute Gasteiger partial charge is 0.481 e. The minimum Gasteiger partial charge on any atom is -0.481 e. The molecule has 1 aliphatic carbocycles. The van der Waals surface area contributed by atoms with Gasteiger partial charge in [0.15, 0.2) is 0 Å². The summed E-state index contributed by atoms with van der Waals surface area (Å²) in [6.45, 7) is 1.24. The molecule has 1 aromatic heterocycles. The van der Waals surface area contributed by atoms with Gasteiger partial charge in [-0.3, -0.25) is 4.79 Å². The first kappa shape index (κ1) is 13.6. The quantitative estimate of drug-likeness (QED) is 0.908. The van der Waals surface area contributed by atoms with Crippen LogP contribution >= 0.6 is 11.6 Å². The summed E-state index contributed by atoms with van der Waals surface area (Å²) in [5.74, 6) is -0.423. The molecule has 1 aliphatic heterocycles. The number of rotatable bonds is 2. The van der Waals surface area contributed by atoms with Crippen molar-refractivity contribution in [3.05, 3.63) is 17.4 Å². The SMILES string of the molecule is O=C(O)[C@H]1CN(c2ncc(Cl)cn2)CC12CCCCC2. The fourth-order valence-electron chi connectivity index (χ4n) is 3.69. The van der Waals surface area contributed by atoms with E-state index in [1.165, 1.54) is 6.42 Å².